The molecule has 1 aliphatic carbocycles. The molecule has 5 heteroatoms. The van der Waals surface area contributed by atoms with Crippen molar-refractivity contribution in [3.05, 3.63) is 30.1 Å². The molecule has 0 atom stereocenters. The average Bonchev–Trinajstić information content (AvgIpc) is 2.47. The predicted octanol–water partition coefficient (Wildman–Crippen LogP) is 1.11. The van der Waals surface area contributed by atoms with Crippen molar-refractivity contribution in [3.8, 4) is 6.07 Å². The summed E-state index contributed by atoms with van der Waals surface area (Å²) in [6.07, 6.45) is 5.99. The fourth-order valence-electron chi connectivity index (χ4n) is 2.34. The summed E-state index contributed by atoms with van der Waals surface area (Å²) in [4.78, 5) is 16.0. The fourth-order valence-corrected chi connectivity index (χ4v) is 2.34. The minimum Gasteiger partial charge on any atom is -0.352 e. The van der Waals surface area contributed by atoms with E-state index in [0.717, 1.165) is 5.56 Å². The van der Waals surface area contributed by atoms with Crippen molar-refractivity contribution in [1.82, 2.24) is 10.3 Å². The fraction of sp³-hybridized carbons (Fsp3) is 0.500. The van der Waals surface area contributed by atoms with E-state index in [0.29, 0.717) is 32.2 Å². The maximum atomic E-state index is 12.0. The molecular weight excluding hydrogens is 240 g/mol. The zero-order valence-corrected chi connectivity index (χ0v) is 10.8. The van der Waals surface area contributed by atoms with Crippen molar-refractivity contribution in [3.63, 3.8) is 0 Å². The summed E-state index contributed by atoms with van der Waals surface area (Å²) in [7, 11) is 0. The molecule has 1 aliphatic rings. The quantitative estimate of drug-likeness (QED) is 0.849. The standard InChI is InChI=1S/C14H18N4O/c15-10-14(16)5-3-12(4-6-14)13(19)18-9-11-2-1-7-17-8-11/h1-2,7-8,12H,3-6,9,16H2,(H,18,19). The molecule has 0 saturated heterocycles. The summed E-state index contributed by atoms with van der Waals surface area (Å²) in [5.41, 5.74) is 6.13. The monoisotopic (exact) mass is 258 g/mol. The van der Waals surface area contributed by atoms with Crippen LogP contribution in [0.5, 0.6) is 0 Å². The number of carbonyl (C=O) groups excluding carboxylic acids is 1. The largest absolute Gasteiger partial charge is 0.352 e. The zero-order valence-electron chi connectivity index (χ0n) is 10.8. The van der Waals surface area contributed by atoms with E-state index in [2.05, 4.69) is 16.4 Å². The molecule has 0 aliphatic heterocycles. The first-order valence-corrected chi connectivity index (χ1v) is 6.50. The third-order valence-corrected chi connectivity index (χ3v) is 3.66. The number of carbonyl (C=O) groups is 1. The number of nitriles is 1. The van der Waals surface area contributed by atoms with Crippen LogP contribution in [0.4, 0.5) is 0 Å². The Morgan fingerprint density at radius 2 is 2.32 bits per heavy atom. The van der Waals surface area contributed by atoms with Gasteiger partial charge in [-0.2, -0.15) is 5.26 Å². The van der Waals surface area contributed by atoms with Gasteiger partial charge in [0, 0.05) is 24.9 Å². The van der Waals surface area contributed by atoms with Gasteiger partial charge in [-0.3, -0.25) is 9.78 Å². The lowest BCUT2D eigenvalue weighted by atomic mass is 9.77. The predicted molar refractivity (Wildman–Crippen MR) is 70.6 cm³/mol. The molecule has 0 aromatic carbocycles. The number of nitrogens with one attached hydrogen (secondary N) is 1. The first kappa shape index (κ1) is 13.5. The van der Waals surface area contributed by atoms with Gasteiger partial charge in [0.05, 0.1) is 6.07 Å². The highest BCUT2D eigenvalue weighted by molar-refractivity contribution is 5.78. The van der Waals surface area contributed by atoms with Gasteiger partial charge >= 0.3 is 0 Å². The second-order valence-electron chi connectivity index (χ2n) is 5.12. The van der Waals surface area contributed by atoms with Gasteiger partial charge in [0.25, 0.3) is 0 Å². The number of amides is 1. The molecule has 0 unspecified atom stereocenters. The van der Waals surface area contributed by atoms with Crippen LogP contribution in [0, 0.1) is 17.2 Å². The Hall–Kier alpha value is -1.93. The lowest BCUT2D eigenvalue weighted by Gasteiger charge is -2.30. The molecule has 1 fully saturated rings. The first-order valence-electron chi connectivity index (χ1n) is 6.50. The van der Waals surface area contributed by atoms with Gasteiger partial charge in [-0.1, -0.05) is 6.07 Å². The second kappa shape index (κ2) is 5.81. The van der Waals surface area contributed by atoms with Crippen LogP contribution in [0.1, 0.15) is 31.2 Å². The number of hydrogen-bond acceptors (Lipinski definition) is 4. The van der Waals surface area contributed by atoms with E-state index < -0.39 is 5.54 Å². The van der Waals surface area contributed by atoms with E-state index in [9.17, 15) is 4.79 Å². The highest BCUT2D eigenvalue weighted by Crippen LogP contribution is 2.30. The summed E-state index contributed by atoms with van der Waals surface area (Å²) in [5.74, 6) is 0.0190. The van der Waals surface area contributed by atoms with E-state index in [1.54, 1.807) is 12.4 Å². The molecule has 1 saturated carbocycles. The van der Waals surface area contributed by atoms with Crippen LogP contribution >= 0.6 is 0 Å². The minimum atomic E-state index is -0.736. The number of nitrogens with two attached hydrogens (primary N) is 1. The van der Waals surface area contributed by atoms with Gasteiger partial charge in [-0.25, -0.2) is 0 Å². The Morgan fingerprint density at radius 1 is 1.58 bits per heavy atom. The van der Waals surface area contributed by atoms with Crippen LogP contribution in [0.3, 0.4) is 0 Å². The molecule has 3 N–H and O–H groups in total. The molecule has 2 rings (SSSR count). The van der Waals surface area contributed by atoms with E-state index in [1.165, 1.54) is 0 Å². The van der Waals surface area contributed by atoms with Crippen LogP contribution in [-0.4, -0.2) is 16.4 Å². The van der Waals surface area contributed by atoms with Gasteiger partial charge in [0.1, 0.15) is 5.54 Å². The van der Waals surface area contributed by atoms with E-state index in [4.69, 9.17) is 11.0 Å². The van der Waals surface area contributed by atoms with Crippen LogP contribution in [-0.2, 0) is 11.3 Å². The third-order valence-electron chi connectivity index (χ3n) is 3.66. The Balaban J connectivity index is 1.81. The van der Waals surface area contributed by atoms with E-state index in [-0.39, 0.29) is 11.8 Å². The van der Waals surface area contributed by atoms with Crippen molar-refractivity contribution in [2.24, 2.45) is 11.7 Å². The van der Waals surface area contributed by atoms with Crippen molar-refractivity contribution in [1.29, 1.82) is 5.26 Å². The first-order chi connectivity index (χ1) is 9.13. The van der Waals surface area contributed by atoms with Gasteiger partial charge in [-0.05, 0) is 37.3 Å². The number of nitrogens with zero attached hydrogens (tertiary/aromatic N) is 2. The van der Waals surface area contributed by atoms with Crippen molar-refractivity contribution >= 4 is 5.91 Å². The van der Waals surface area contributed by atoms with E-state index >= 15 is 0 Å². The highest BCUT2D eigenvalue weighted by atomic mass is 16.1. The Morgan fingerprint density at radius 3 is 2.89 bits per heavy atom. The second-order valence-corrected chi connectivity index (χ2v) is 5.12. The summed E-state index contributed by atoms with van der Waals surface area (Å²) < 4.78 is 0. The molecule has 1 heterocycles. The Kier molecular flexibility index (Phi) is 4.13. The molecule has 1 aromatic heterocycles. The maximum absolute atomic E-state index is 12.0. The lowest BCUT2D eigenvalue weighted by Crippen LogP contribution is -2.44. The maximum Gasteiger partial charge on any atom is 0.223 e. The van der Waals surface area contributed by atoms with Gasteiger partial charge in [-0.15, -0.1) is 0 Å². The van der Waals surface area contributed by atoms with Gasteiger partial charge in [0.2, 0.25) is 5.91 Å². The number of pyridine rings is 1. The summed E-state index contributed by atoms with van der Waals surface area (Å²) in [6, 6.07) is 5.91. The van der Waals surface area contributed by atoms with Crippen LogP contribution in [0.2, 0.25) is 0 Å². The third kappa shape index (κ3) is 3.52. The van der Waals surface area contributed by atoms with Crippen LogP contribution in [0.25, 0.3) is 0 Å². The van der Waals surface area contributed by atoms with E-state index in [1.807, 2.05) is 12.1 Å². The topological polar surface area (TPSA) is 91.8 Å². The zero-order chi connectivity index (χ0) is 13.7. The molecule has 19 heavy (non-hydrogen) atoms. The van der Waals surface area contributed by atoms with Crippen molar-refractivity contribution in [2.75, 3.05) is 0 Å². The highest BCUT2D eigenvalue weighted by Gasteiger charge is 2.34. The molecule has 5 nitrogen and oxygen atoms in total. The molecule has 0 spiro atoms. The number of aromatic nitrogens is 1. The molecule has 1 aromatic rings. The molecule has 1 amide bonds. The lowest BCUT2D eigenvalue weighted by molar-refractivity contribution is -0.126. The van der Waals surface area contributed by atoms with Crippen LogP contribution in [0.15, 0.2) is 24.5 Å². The molecule has 100 valence electrons. The molecule has 0 radical (unpaired) electrons. The van der Waals surface area contributed by atoms with Gasteiger partial charge in [0.15, 0.2) is 0 Å². The Labute approximate surface area is 112 Å². The van der Waals surface area contributed by atoms with Crippen molar-refractivity contribution in [2.45, 2.75) is 37.8 Å². The molecular formula is C14H18N4O. The minimum absolute atomic E-state index is 0.0262. The SMILES string of the molecule is N#CC1(N)CCC(C(=O)NCc2cccnc2)CC1. The average molecular weight is 258 g/mol. The van der Waals surface area contributed by atoms with Crippen molar-refractivity contribution < 1.29 is 4.79 Å². The van der Waals surface area contributed by atoms with Crippen LogP contribution < -0.4 is 11.1 Å². The Bertz CT molecular complexity index is 472. The number of hydrogen-bond donors (Lipinski definition) is 2. The smallest absolute Gasteiger partial charge is 0.223 e. The summed E-state index contributed by atoms with van der Waals surface area (Å²) >= 11 is 0. The summed E-state index contributed by atoms with van der Waals surface area (Å²) in [5, 5.41) is 11.9. The summed E-state index contributed by atoms with van der Waals surface area (Å²) in [6.45, 7) is 0.495. The number of rotatable bonds is 3. The van der Waals surface area contributed by atoms with Gasteiger partial charge < -0.3 is 11.1 Å². The normalized spacial score (nSPS) is 26.4. The molecule has 0 bridgehead atoms.